The van der Waals surface area contributed by atoms with Gasteiger partial charge in [0.15, 0.2) is 0 Å². The maximum absolute atomic E-state index is 13.6. The average molecular weight is 576 g/mol. The lowest BCUT2D eigenvalue weighted by atomic mass is 9.95. The number of nitrogens with zero attached hydrogens (tertiary/aromatic N) is 2. The number of rotatable bonds is 13. The number of hydrogen-bond donors (Lipinski definition) is 1. The maximum Gasteiger partial charge on any atom is 0.243 e. The Labute approximate surface area is 239 Å². The van der Waals surface area contributed by atoms with Gasteiger partial charge in [0.2, 0.25) is 21.8 Å². The minimum Gasteiger partial charge on any atom is -0.352 e. The van der Waals surface area contributed by atoms with Crippen LogP contribution in [-0.2, 0) is 26.0 Å². The molecule has 1 aliphatic rings. The third kappa shape index (κ3) is 9.24. The van der Waals surface area contributed by atoms with Gasteiger partial charge in [-0.15, -0.1) is 0 Å². The van der Waals surface area contributed by atoms with E-state index in [0.717, 1.165) is 43.1 Å². The number of carbonyl (C=O) groups excluding carboxylic acids is 2. The predicted octanol–water partition coefficient (Wildman–Crippen LogP) is 5.49. The molecule has 2 aromatic rings. The lowest BCUT2D eigenvalue weighted by molar-refractivity contribution is -0.141. The molecule has 0 bridgehead atoms. The number of aryl methyl sites for hydroxylation is 1. The molecule has 0 spiro atoms. The molecule has 1 saturated carbocycles. The minimum atomic E-state index is -3.59. The van der Waals surface area contributed by atoms with Crippen LogP contribution in [0.4, 0.5) is 5.69 Å². The van der Waals surface area contributed by atoms with Crippen LogP contribution in [0.5, 0.6) is 0 Å². The topological polar surface area (TPSA) is 86.8 Å². The summed E-state index contributed by atoms with van der Waals surface area (Å²) in [6, 6.07) is 14.6. The zero-order valence-corrected chi connectivity index (χ0v) is 24.9. The Morgan fingerprint density at radius 2 is 1.74 bits per heavy atom. The lowest BCUT2D eigenvalue weighted by Gasteiger charge is -2.33. The summed E-state index contributed by atoms with van der Waals surface area (Å²) in [4.78, 5) is 28.7. The smallest absolute Gasteiger partial charge is 0.243 e. The molecule has 0 aromatic heterocycles. The van der Waals surface area contributed by atoms with Gasteiger partial charge in [-0.1, -0.05) is 74.2 Å². The van der Waals surface area contributed by atoms with Crippen molar-refractivity contribution in [3.05, 3.63) is 64.7 Å². The maximum atomic E-state index is 13.6. The van der Waals surface area contributed by atoms with Crippen molar-refractivity contribution in [3.8, 4) is 0 Å². The van der Waals surface area contributed by atoms with Gasteiger partial charge in [0.05, 0.1) is 11.9 Å². The van der Waals surface area contributed by atoms with Gasteiger partial charge < -0.3 is 10.2 Å². The summed E-state index contributed by atoms with van der Waals surface area (Å²) in [5.74, 6) is -0.244. The fourth-order valence-corrected chi connectivity index (χ4v) is 6.45. The standard InChI is InChI=1S/C30H42ClN3O4S/c1-4-27(30(36)32-26-14-9-6-10-15-26)33(21-19-24-12-7-5-8-13-24)29(35)16-11-20-34(39(3,37)38)28-22-25(31)18-17-23(28)2/h5,7-8,12-13,17-18,22,26-27H,4,6,9-11,14-16,19-21H2,1-3H3,(H,32,36)/t27-/m1/s1. The van der Waals surface area contributed by atoms with E-state index in [1.54, 1.807) is 23.1 Å². The molecule has 214 valence electrons. The van der Waals surface area contributed by atoms with Gasteiger partial charge in [0.25, 0.3) is 0 Å². The van der Waals surface area contributed by atoms with Gasteiger partial charge >= 0.3 is 0 Å². The molecule has 7 nitrogen and oxygen atoms in total. The molecule has 0 saturated heterocycles. The van der Waals surface area contributed by atoms with Crippen molar-refractivity contribution in [3.63, 3.8) is 0 Å². The van der Waals surface area contributed by atoms with Crippen LogP contribution in [0.25, 0.3) is 0 Å². The fraction of sp³-hybridized carbons (Fsp3) is 0.533. The Morgan fingerprint density at radius 1 is 1.05 bits per heavy atom. The van der Waals surface area contributed by atoms with E-state index >= 15 is 0 Å². The second-order valence-electron chi connectivity index (χ2n) is 10.5. The van der Waals surface area contributed by atoms with Gasteiger partial charge in [0.1, 0.15) is 6.04 Å². The molecule has 39 heavy (non-hydrogen) atoms. The number of benzene rings is 2. The van der Waals surface area contributed by atoms with Gasteiger partial charge in [-0.3, -0.25) is 13.9 Å². The van der Waals surface area contributed by atoms with E-state index in [1.165, 1.54) is 10.7 Å². The number of halogens is 1. The first kappa shape index (κ1) is 31.0. The van der Waals surface area contributed by atoms with E-state index in [0.29, 0.717) is 36.5 Å². The molecule has 1 fully saturated rings. The third-order valence-electron chi connectivity index (χ3n) is 7.41. The fourth-order valence-electron chi connectivity index (χ4n) is 5.27. The number of hydrogen-bond acceptors (Lipinski definition) is 4. The monoisotopic (exact) mass is 575 g/mol. The molecule has 0 unspecified atom stereocenters. The van der Waals surface area contributed by atoms with E-state index in [-0.39, 0.29) is 30.8 Å². The van der Waals surface area contributed by atoms with Crippen LogP contribution >= 0.6 is 11.6 Å². The van der Waals surface area contributed by atoms with Crippen LogP contribution in [0, 0.1) is 6.92 Å². The van der Waals surface area contributed by atoms with E-state index < -0.39 is 16.1 Å². The Hall–Kier alpha value is -2.58. The van der Waals surface area contributed by atoms with E-state index in [1.807, 2.05) is 44.2 Å². The van der Waals surface area contributed by atoms with Gasteiger partial charge in [-0.2, -0.15) is 0 Å². The number of sulfonamides is 1. The molecule has 0 aliphatic heterocycles. The molecule has 9 heteroatoms. The van der Waals surface area contributed by atoms with Crippen molar-refractivity contribution in [1.82, 2.24) is 10.2 Å². The first-order valence-corrected chi connectivity index (χ1v) is 16.2. The average Bonchev–Trinajstić information content (AvgIpc) is 2.91. The first-order valence-electron chi connectivity index (χ1n) is 14.0. The van der Waals surface area contributed by atoms with Crippen molar-refractivity contribution in [2.24, 2.45) is 0 Å². The van der Waals surface area contributed by atoms with Crippen molar-refractivity contribution < 1.29 is 18.0 Å². The molecule has 0 radical (unpaired) electrons. The molecule has 2 aromatic carbocycles. The Kier molecular flexibility index (Phi) is 11.7. The van der Waals surface area contributed by atoms with E-state index in [4.69, 9.17) is 11.6 Å². The van der Waals surface area contributed by atoms with Gasteiger partial charge in [-0.05, 0) is 62.3 Å². The van der Waals surface area contributed by atoms with Crippen LogP contribution in [-0.4, -0.2) is 56.6 Å². The van der Waals surface area contributed by atoms with Crippen molar-refractivity contribution >= 4 is 39.1 Å². The summed E-state index contributed by atoms with van der Waals surface area (Å²) in [5, 5.41) is 3.64. The molecule has 3 rings (SSSR count). The largest absolute Gasteiger partial charge is 0.352 e. The highest BCUT2D eigenvalue weighted by Crippen LogP contribution is 2.27. The number of carbonyl (C=O) groups is 2. The van der Waals surface area contributed by atoms with Crippen LogP contribution in [0.3, 0.4) is 0 Å². The Bertz CT molecular complexity index is 1200. The normalized spacial score (nSPS) is 15.0. The van der Waals surface area contributed by atoms with Crippen LogP contribution in [0.2, 0.25) is 5.02 Å². The Balaban J connectivity index is 1.73. The zero-order valence-electron chi connectivity index (χ0n) is 23.4. The lowest BCUT2D eigenvalue weighted by Crippen LogP contribution is -2.52. The minimum absolute atomic E-state index is 0.0990. The van der Waals surface area contributed by atoms with Crippen LogP contribution in [0.15, 0.2) is 48.5 Å². The van der Waals surface area contributed by atoms with E-state index in [9.17, 15) is 18.0 Å². The molecule has 1 atom stereocenters. The van der Waals surface area contributed by atoms with Crippen LogP contribution < -0.4 is 9.62 Å². The van der Waals surface area contributed by atoms with Gasteiger partial charge in [-0.25, -0.2) is 8.42 Å². The Morgan fingerprint density at radius 3 is 2.38 bits per heavy atom. The van der Waals surface area contributed by atoms with E-state index in [2.05, 4.69) is 5.32 Å². The van der Waals surface area contributed by atoms with Crippen LogP contribution in [0.1, 0.15) is 69.4 Å². The first-order chi connectivity index (χ1) is 18.6. The summed E-state index contributed by atoms with van der Waals surface area (Å²) < 4.78 is 26.6. The number of nitrogens with one attached hydrogen (secondary N) is 1. The SMILES string of the molecule is CC[C@H](C(=O)NC1CCCCC1)N(CCc1ccccc1)C(=O)CCCN(c1cc(Cl)ccc1C)S(C)(=O)=O. The summed E-state index contributed by atoms with van der Waals surface area (Å²) in [7, 11) is -3.59. The molecular weight excluding hydrogens is 534 g/mol. The van der Waals surface area contributed by atoms with Crippen molar-refractivity contribution in [1.29, 1.82) is 0 Å². The second kappa shape index (κ2) is 14.7. The number of amides is 2. The number of anilines is 1. The summed E-state index contributed by atoms with van der Waals surface area (Å²) in [6.07, 6.45) is 8.13. The molecule has 0 heterocycles. The highest BCUT2D eigenvalue weighted by molar-refractivity contribution is 7.92. The summed E-state index contributed by atoms with van der Waals surface area (Å²) >= 11 is 6.15. The highest BCUT2D eigenvalue weighted by atomic mass is 35.5. The predicted molar refractivity (Wildman–Crippen MR) is 159 cm³/mol. The molecule has 1 N–H and O–H groups in total. The van der Waals surface area contributed by atoms with Gasteiger partial charge in [0, 0.05) is 30.6 Å². The molecule has 1 aliphatic carbocycles. The van der Waals surface area contributed by atoms with Crippen molar-refractivity contribution in [2.45, 2.75) is 83.7 Å². The second-order valence-corrected chi connectivity index (χ2v) is 12.8. The highest BCUT2D eigenvalue weighted by Gasteiger charge is 2.30. The zero-order chi connectivity index (χ0) is 28.4. The quantitative estimate of drug-likeness (QED) is 0.342. The third-order valence-corrected chi connectivity index (χ3v) is 8.83. The molecule has 2 amide bonds. The summed E-state index contributed by atoms with van der Waals surface area (Å²) in [5.41, 5.74) is 2.39. The summed E-state index contributed by atoms with van der Waals surface area (Å²) in [6.45, 7) is 4.32. The van der Waals surface area contributed by atoms with Crippen molar-refractivity contribution in [2.75, 3.05) is 23.7 Å². The molecular formula is C30H42ClN3O4S.